The van der Waals surface area contributed by atoms with E-state index in [1.54, 1.807) is 31.4 Å². The fourth-order valence-electron chi connectivity index (χ4n) is 3.56. The zero-order chi connectivity index (χ0) is 27.1. The van der Waals surface area contributed by atoms with E-state index in [-0.39, 0.29) is 18.3 Å². The molecule has 1 amide bonds. The summed E-state index contributed by atoms with van der Waals surface area (Å²) >= 11 is 8.43. The molecule has 0 saturated carbocycles. The summed E-state index contributed by atoms with van der Waals surface area (Å²) in [5.74, 6) is 1.27. The maximum atomic E-state index is 12.8. The van der Waals surface area contributed by atoms with Crippen molar-refractivity contribution in [1.29, 1.82) is 0 Å². The first-order valence-corrected chi connectivity index (χ1v) is 13.7. The highest BCUT2D eigenvalue weighted by Crippen LogP contribution is 2.37. The molecule has 0 aliphatic rings. The van der Waals surface area contributed by atoms with Gasteiger partial charge in [0, 0.05) is 22.5 Å². The number of hydrogen-bond acceptors (Lipinski definition) is 9. The van der Waals surface area contributed by atoms with Crippen LogP contribution in [-0.4, -0.2) is 46.6 Å². The molecule has 9 nitrogen and oxygen atoms in total. The summed E-state index contributed by atoms with van der Waals surface area (Å²) in [7, 11) is 2.90. The van der Waals surface area contributed by atoms with E-state index in [9.17, 15) is 9.59 Å². The van der Waals surface area contributed by atoms with E-state index in [0.29, 0.717) is 50.2 Å². The van der Waals surface area contributed by atoms with Crippen molar-refractivity contribution in [3.05, 3.63) is 70.3 Å². The molecule has 0 saturated heterocycles. The molecular formula is C26H25ClN4O5S2. The van der Waals surface area contributed by atoms with Gasteiger partial charge in [0.1, 0.15) is 28.7 Å². The standard InChI is InChI=1S/C26H25ClN4O5S2/c1-4-31-21(13-36-19-11-7-17(27)8-12-19)29-30-26(31)38-15-22(32)28-24-23(25(33)35-3)20(14-37-24)16-5-9-18(34-2)10-6-16/h5-12,14H,4,13,15H2,1-3H3,(H,28,32). The van der Waals surface area contributed by atoms with E-state index in [1.807, 2.05) is 41.1 Å². The predicted octanol–water partition coefficient (Wildman–Crippen LogP) is 5.78. The number of nitrogens with zero attached hydrogens (tertiary/aromatic N) is 3. The first-order chi connectivity index (χ1) is 18.4. The molecule has 2 aromatic carbocycles. The predicted molar refractivity (Wildman–Crippen MR) is 148 cm³/mol. The van der Waals surface area contributed by atoms with Crippen LogP contribution in [0.15, 0.2) is 59.1 Å². The van der Waals surface area contributed by atoms with Crippen molar-refractivity contribution in [3.63, 3.8) is 0 Å². The van der Waals surface area contributed by atoms with Crippen LogP contribution in [0.5, 0.6) is 11.5 Å². The number of ether oxygens (including phenoxy) is 3. The lowest BCUT2D eigenvalue weighted by molar-refractivity contribution is -0.113. The minimum absolute atomic E-state index is 0.0759. The van der Waals surface area contributed by atoms with Crippen molar-refractivity contribution in [2.75, 3.05) is 25.3 Å². The maximum absolute atomic E-state index is 12.8. The fraction of sp³-hybridized carbons (Fsp3) is 0.231. The normalized spacial score (nSPS) is 10.7. The van der Waals surface area contributed by atoms with Crippen LogP contribution in [0, 0.1) is 0 Å². The number of halogens is 1. The molecule has 2 aromatic heterocycles. The Bertz CT molecular complexity index is 1400. The largest absolute Gasteiger partial charge is 0.497 e. The Morgan fingerprint density at radius 2 is 1.76 bits per heavy atom. The summed E-state index contributed by atoms with van der Waals surface area (Å²) in [6.07, 6.45) is 0. The van der Waals surface area contributed by atoms with Gasteiger partial charge in [-0.2, -0.15) is 0 Å². The summed E-state index contributed by atoms with van der Waals surface area (Å²) < 4.78 is 17.9. The molecule has 0 aliphatic carbocycles. The van der Waals surface area contributed by atoms with Gasteiger partial charge in [-0.15, -0.1) is 21.5 Å². The maximum Gasteiger partial charge on any atom is 0.341 e. The van der Waals surface area contributed by atoms with Gasteiger partial charge >= 0.3 is 5.97 Å². The Hall–Kier alpha value is -3.54. The summed E-state index contributed by atoms with van der Waals surface area (Å²) in [5, 5.41) is 14.7. The second kappa shape index (κ2) is 12.8. The number of carbonyl (C=O) groups is 2. The summed E-state index contributed by atoms with van der Waals surface area (Å²) in [6.45, 7) is 2.80. The number of amides is 1. The van der Waals surface area contributed by atoms with Crippen LogP contribution in [0.4, 0.5) is 5.00 Å². The molecule has 4 aromatic rings. The first-order valence-electron chi connectivity index (χ1n) is 11.5. The zero-order valence-electron chi connectivity index (χ0n) is 20.9. The van der Waals surface area contributed by atoms with Crippen LogP contribution in [0.1, 0.15) is 23.1 Å². The Morgan fingerprint density at radius 3 is 2.42 bits per heavy atom. The highest BCUT2D eigenvalue weighted by Gasteiger charge is 2.23. The third-order valence-electron chi connectivity index (χ3n) is 5.46. The van der Waals surface area contributed by atoms with E-state index in [1.165, 1.54) is 30.2 Å². The topological polar surface area (TPSA) is 105 Å². The molecule has 38 heavy (non-hydrogen) atoms. The highest BCUT2D eigenvalue weighted by atomic mass is 35.5. The summed E-state index contributed by atoms with van der Waals surface area (Å²) in [5.41, 5.74) is 1.78. The third kappa shape index (κ3) is 6.47. The van der Waals surface area contributed by atoms with Gasteiger partial charge in [-0.05, 0) is 48.9 Å². The second-order valence-corrected chi connectivity index (χ2v) is 10.1. The Kier molecular flexibility index (Phi) is 9.27. The molecule has 0 aliphatic heterocycles. The number of methoxy groups -OCH3 is 2. The minimum Gasteiger partial charge on any atom is -0.497 e. The third-order valence-corrected chi connectivity index (χ3v) is 7.57. The second-order valence-electron chi connectivity index (χ2n) is 7.80. The van der Waals surface area contributed by atoms with E-state index in [2.05, 4.69) is 15.5 Å². The van der Waals surface area contributed by atoms with Gasteiger partial charge in [0.2, 0.25) is 5.91 Å². The van der Waals surface area contributed by atoms with Crippen molar-refractivity contribution >= 4 is 51.6 Å². The number of carbonyl (C=O) groups excluding carboxylic acids is 2. The van der Waals surface area contributed by atoms with Crippen LogP contribution in [-0.2, 0) is 22.7 Å². The number of rotatable bonds is 11. The van der Waals surface area contributed by atoms with E-state index < -0.39 is 5.97 Å². The van der Waals surface area contributed by atoms with Crippen molar-refractivity contribution in [2.24, 2.45) is 0 Å². The zero-order valence-corrected chi connectivity index (χ0v) is 23.3. The number of aromatic nitrogens is 3. The number of anilines is 1. The van der Waals surface area contributed by atoms with Gasteiger partial charge in [-0.3, -0.25) is 4.79 Å². The molecule has 198 valence electrons. The molecule has 2 heterocycles. The number of esters is 1. The molecular weight excluding hydrogens is 548 g/mol. The van der Waals surface area contributed by atoms with Gasteiger partial charge in [0.15, 0.2) is 11.0 Å². The molecule has 12 heteroatoms. The number of thiophene rings is 1. The summed E-state index contributed by atoms with van der Waals surface area (Å²) in [4.78, 5) is 25.4. The van der Waals surface area contributed by atoms with Crippen molar-refractivity contribution < 1.29 is 23.8 Å². The van der Waals surface area contributed by atoms with Gasteiger partial charge in [0.05, 0.1) is 20.0 Å². The van der Waals surface area contributed by atoms with E-state index in [4.69, 9.17) is 25.8 Å². The van der Waals surface area contributed by atoms with E-state index >= 15 is 0 Å². The van der Waals surface area contributed by atoms with Gasteiger partial charge < -0.3 is 24.1 Å². The summed E-state index contributed by atoms with van der Waals surface area (Å²) in [6, 6.07) is 14.4. The lowest BCUT2D eigenvalue weighted by Gasteiger charge is -2.10. The van der Waals surface area contributed by atoms with Crippen LogP contribution in [0.3, 0.4) is 0 Å². The molecule has 4 rings (SSSR count). The van der Waals surface area contributed by atoms with Gasteiger partial charge in [-0.1, -0.05) is 35.5 Å². The molecule has 0 spiro atoms. The van der Waals surface area contributed by atoms with Crippen LogP contribution >= 0.6 is 34.7 Å². The number of benzene rings is 2. The molecule has 0 fully saturated rings. The Balaban J connectivity index is 1.42. The molecule has 0 radical (unpaired) electrons. The molecule has 1 N–H and O–H groups in total. The SMILES string of the molecule is CCn1c(COc2ccc(Cl)cc2)nnc1SCC(=O)Nc1scc(-c2ccc(OC)cc2)c1C(=O)OC. The quantitative estimate of drug-likeness (QED) is 0.178. The average Bonchev–Trinajstić information content (AvgIpc) is 3.54. The van der Waals surface area contributed by atoms with Crippen LogP contribution < -0.4 is 14.8 Å². The lowest BCUT2D eigenvalue weighted by Crippen LogP contribution is -2.16. The number of thioether (sulfide) groups is 1. The molecule has 0 unspecified atom stereocenters. The van der Waals surface area contributed by atoms with Crippen LogP contribution in [0.2, 0.25) is 5.02 Å². The molecule has 0 atom stereocenters. The highest BCUT2D eigenvalue weighted by molar-refractivity contribution is 7.99. The van der Waals surface area contributed by atoms with E-state index in [0.717, 1.165) is 5.56 Å². The Labute approximate surface area is 233 Å². The molecule has 0 bridgehead atoms. The van der Waals surface area contributed by atoms with Gasteiger partial charge in [0.25, 0.3) is 0 Å². The first kappa shape index (κ1) is 27.5. The van der Waals surface area contributed by atoms with Crippen LogP contribution in [0.25, 0.3) is 11.1 Å². The Morgan fingerprint density at radius 1 is 1.05 bits per heavy atom. The average molecular weight is 573 g/mol. The number of hydrogen-bond donors (Lipinski definition) is 1. The lowest BCUT2D eigenvalue weighted by atomic mass is 10.0. The number of nitrogens with one attached hydrogen (secondary N) is 1. The van der Waals surface area contributed by atoms with Crippen molar-refractivity contribution in [2.45, 2.75) is 25.2 Å². The monoisotopic (exact) mass is 572 g/mol. The minimum atomic E-state index is -0.531. The van der Waals surface area contributed by atoms with Crippen molar-refractivity contribution in [3.8, 4) is 22.6 Å². The fourth-order valence-corrected chi connectivity index (χ4v) is 5.48. The smallest absolute Gasteiger partial charge is 0.341 e. The van der Waals surface area contributed by atoms with Crippen molar-refractivity contribution in [1.82, 2.24) is 14.8 Å². The van der Waals surface area contributed by atoms with Gasteiger partial charge in [-0.25, -0.2) is 4.79 Å².